The monoisotopic (exact) mass is 432 g/mol. The molecule has 0 aliphatic heterocycles. The fourth-order valence-electron chi connectivity index (χ4n) is 1.77. The molecule has 152 valence electrons. The van der Waals surface area contributed by atoms with Crippen molar-refractivity contribution in [3.63, 3.8) is 0 Å². The van der Waals surface area contributed by atoms with Gasteiger partial charge in [-0.2, -0.15) is 0 Å². The van der Waals surface area contributed by atoms with Crippen LogP contribution in [0.1, 0.15) is 28.5 Å². The first-order valence-electron chi connectivity index (χ1n) is 6.30. The van der Waals surface area contributed by atoms with E-state index in [0.717, 1.165) is 0 Å². The van der Waals surface area contributed by atoms with Gasteiger partial charge in [-0.25, -0.2) is 9.59 Å². The smallest absolute Gasteiger partial charge is 1.00 e. The van der Waals surface area contributed by atoms with Gasteiger partial charge in [0.05, 0.1) is 25.7 Å². The molecule has 1 atom stereocenters. The zero-order chi connectivity index (χ0) is 20.0. The number of hydrogen-bond donors (Lipinski definition) is 6. The number of carbonyl (C=O) groups excluding carboxylic acids is 1. The Morgan fingerprint density at radius 2 is 1.04 bits per heavy atom. The van der Waals surface area contributed by atoms with Crippen molar-refractivity contribution in [2.45, 2.75) is 36.9 Å². The van der Waals surface area contributed by atoms with Crippen LogP contribution in [0.25, 0.3) is 0 Å². The van der Waals surface area contributed by atoms with Gasteiger partial charge in [0, 0.05) is 0 Å². The van der Waals surface area contributed by atoms with Crippen LogP contribution in [0.15, 0.2) is 0 Å². The number of esters is 1. The fraction of sp³-hybridized carbons (Fsp3) is 0.500. The van der Waals surface area contributed by atoms with Gasteiger partial charge in [-0.1, -0.05) is 0 Å². The molecule has 0 aromatic rings. The van der Waals surface area contributed by atoms with Crippen molar-refractivity contribution in [1.82, 2.24) is 0 Å². The second-order valence-electron chi connectivity index (χ2n) is 5.00. The van der Waals surface area contributed by atoms with Crippen molar-refractivity contribution in [1.29, 1.82) is 0 Å². The van der Waals surface area contributed by atoms with E-state index in [4.69, 9.17) is 25.5 Å². The molecule has 0 aromatic heterocycles. The van der Waals surface area contributed by atoms with Crippen LogP contribution >= 0.6 is 0 Å². The zero-order valence-electron chi connectivity index (χ0n) is 16.9. The molecule has 0 aromatic carbocycles. The first-order chi connectivity index (χ1) is 11.2. The van der Waals surface area contributed by atoms with E-state index in [9.17, 15) is 33.9 Å². The Kier molecular flexibility index (Phi) is 16.9. The normalized spacial score (nSPS) is 11.9. The van der Waals surface area contributed by atoms with Gasteiger partial charge in [-0.15, -0.1) is 0 Å². The third kappa shape index (κ3) is 10.9. The molecule has 0 saturated heterocycles. The summed E-state index contributed by atoms with van der Waals surface area (Å²) in [6.45, 7) is 0. The summed E-state index contributed by atoms with van der Waals surface area (Å²) >= 11 is 0. The number of rotatable bonds is 11. The second kappa shape index (κ2) is 13.8. The summed E-state index contributed by atoms with van der Waals surface area (Å²) in [4.78, 5) is 66.0. The number of aliphatic hydroxyl groups is 1. The van der Waals surface area contributed by atoms with Crippen molar-refractivity contribution in [2.24, 2.45) is 0 Å². The van der Waals surface area contributed by atoms with Crippen LogP contribution in [0.5, 0.6) is 0 Å². The molecule has 0 heterocycles. The number of hydrogen-bond acceptors (Lipinski definition) is 8. The summed E-state index contributed by atoms with van der Waals surface area (Å²) < 4.78 is 4.33. The number of ether oxygens (including phenoxy) is 1. The third-order valence-corrected chi connectivity index (χ3v) is 2.85. The van der Waals surface area contributed by atoms with Crippen molar-refractivity contribution in [3.05, 3.63) is 0 Å². The summed E-state index contributed by atoms with van der Waals surface area (Å²) in [7, 11) is 0. The molecular weight excluding hydrogens is 414 g/mol. The number of aliphatic carboxylic acids is 5. The van der Waals surface area contributed by atoms with Crippen LogP contribution in [0, 0.1) is 0 Å². The molecule has 28 heavy (non-hydrogen) atoms. The number of carbonyl (C=O) groups is 6. The van der Waals surface area contributed by atoms with Gasteiger partial charge in [-0.3, -0.25) is 19.2 Å². The predicted molar refractivity (Wildman–Crippen MR) is 76.3 cm³/mol. The van der Waals surface area contributed by atoms with Gasteiger partial charge in [0.1, 0.15) is 0 Å². The Morgan fingerprint density at radius 3 is 1.29 bits per heavy atom. The molecule has 0 fully saturated rings. The predicted octanol–water partition coefficient (Wildman–Crippen LogP) is -8.61. The van der Waals surface area contributed by atoms with Crippen LogP contribution < -0.4 is 59.1 Å². The van der Waals surface area contributed by atoms with E-state index in [1.165, 1.54) is 0 Å². The van der Waals surface area contributed by atoms with Crippen LogP contribution in [0.2, 0.25) is 0 Å². The maximum atomic E-state index is 11.7. The molecule has 0 rings (SSSR count). The fourth-order valence-corrected chi connectivity index (χ4v) is 1.77. The minimum Gasteiger partial charge on any atom is -1.00 e. The standard InChI is InChI=1S/C12H14O13.2Na.H2O.2H/c13-5(14)1-11(24,9(20)21)4-8(19)25-12(10(22)23,2-6(15)16)3-7(17)18;;;;;/h24H,1-4H2,(H,13,14)(H,15,16)(H,17,18)(H,20,21)(H,22,23);;;1H2;;/q;2*+1;;2*-1. The van der Waals surface area contributed by atoms with E-state index in [2.05, 4.69) is 4.74 Å². The van der Waals surface area contributed by atoms with E-state index in [-0.39, 0.29) is 67.4 Å². The van der Waals surface area contributed by atoms with Gasteiger partial charge < -0.3 is 43.7 Å². The molecule has 14 nitrogen and oxygen atoms in total. The molecular formula is C12H18Na2O14. The van der Waals surface area contributed by atoms with Crippen molar-refractivity contribution < 1.29 is 132 Å². The van der Waals surface area contributed by atoms with Gasteiger partial charge >= 0.3 is 94.9 Å². The molecule has 1 unspecified atom stereocenters. The van der Waals surface area contributed by atoms with Crippen LogP contribution in [0.4, 0.5) is 0 Å². The number of carboxylic acids is 5. The molecule has 0 spiro atoms. The molecule has 0 saturated carbocycles. The molecule has 0 radical (unpaired) electrons. The quantitative estimate of drug-likeness (QED) is 0.131. The summed E-state index contributed by atoms with van der Waals surface area (Å²) in [6, 6.07) is 0. The second-order valence-corrected chi connectivity index (χ2v) is 5.00. The van der Waals surface area contributed by atoms with Crippen LogP contribution in [0.3, 0.4) is 0 Å². The summed E-state index contributed by atoms with van der Waals surface area (Å²) in [5, 5.41) is 53.5. The summed E-state index contributed by atoms with van der Waals surface area (Å²) in [5.41, 5.74) is -6.24. The van der Waals surface area contributed by atoms with E-state index < -0.39 is 72.7 Å². The Bertz CT molecular complexity index is 612. The zero-order valence-corrected chi connectivity index (χ0v) is 18.9. The van der Waals surface area contributed by atoms with Crippen molar-refractivity contribution in [3.8, 4) is 0 Å². The molecule has 16 heteroatoms. The van der Waals surface area contributed by atoms with Gasteiger partial charge in [0.25, 0.3) is 0 Å². The third-order valence-electron chi connectivity index (χ3n) is 2.85. The average Bonchev–Trinajstić information content (AvgIpc) is 2.34. The first kappa shape index (κ1) is 34.3. The van der Waals surface area contributed by atoms with Crippen molar-refractivity contribution >= 4 is 35.8 Å². The van der Waals surface area contributed by atoms with E-state index in [1.54, 1.807) is 0 Å². The first-order valence-corrected chi connectivity index (χ1v) is 6.30. The van der Waals surface area contributed by atoms with Crippen LogP contribution in [-0.2, 0) is 33.5 Å². The van der Waals surface area contributed by atoms with Gasteiger partial charge in [0.15, 0.2) is 5.60 Å². The van der Waals surface area contributed by atoms with Gasteiger partial charge in [0.2, 0.25) is 5.60 Å². The Labute approximate surface area is 203 Å². The van der Waals surface area contributed by atoms with Gasteiger partial charge in [-0.05, 0) is 0 Å². The molecule has 0 aliphatic rings. The molecule has 0 bridgehead atoms. The molecule has 0 amide bonds. The SMILES string of the molecule is O.O=C(O)CC(O)(CC(=O)OC(CC(=O)O)(CC(=O)O)C(=O)O)C(=O)O.[H-].[H-].[Na+].[Na+]. The van der Waals surface area contributed by atoms with Crippen LogP contribution in [-0.4, -0.2) is 83.1 Å². The minimum atomic E-state index is -3.17. The van der Waals surface area contributed by atoms with E-state index >= 15 is 0 Å². The Balaban J connectivity index is -0.000000288. The average molecular weight is 432 g/mol. The molecule has 0 aliphatic carbocycles. The Hall–Kier alpha value is -1.26. The topological polar surface area (TPSA) is 265 Å². The van der Waals surface area contributed by atoms with E-state index in [0.29, 0.717) is 0 Å². The maximum Gasteiger partial charge on any atom is 1.00 e. The van der Waals surface area contributed by atoms with E-state index in [1.807, 2.05) is 0 Å². The summed E-state index contributed by atoms with van der Waals surface area (Å²) in [5.74, 6) is -11.6. The Morgan fingerprint density at radius 1 is 0.679 bits per heavy atom. The minimum absolute atomic E-state index is 0. The van der Waals surface area contributed by atoms with Crippen molar-refractivity contribution in [2.75, 3.05) is 0 Å². The largest absolute Gasteiger partial charge is 1.00 e. The maximum absolute atomic E-state index is 11.7. The molecule has 8 N–H and O–H groups in total. The number of carboxylic acid groups (broad SMARTS) is 5. The summed E-state index contributed by atoms with van der Waals surface area (Å²) in [6.07, 6.45) is -5.94.